The third kappa shape index (κ3) is 5.08. The van der Waals surface area contributed by atoms with Gasteiger partial charge in [0.1, 0.15) is 0 Å². The lowest BCUT2D eigenvalue weighted by Crippen LogP contribution is -2.16. The van der Waals surface area contributed by atoms with Crippen molar-refractivity contribution in [3.8, 4) is 0 Å². The van der Waals surface area contributed by atoms with Crippen molar-refractivity contribution in [2.75, 3.05) is 12.8 Å². The lowest BCUT2D eigenvalue weighted by molar-refractivity contribution is 0.282. The van der Waals surface area contributed by atoms with Crippen LogP contribution < -0.4 is 5.32 Å². The summed E-state index contributed by atoms with van der Waals surface area (Å²) in [6.45, 7) is 1.81. The molecule has 0 aliphatic heterocycles. The highest BCUT2D eigenvalue weighted by Crippen LogP contribution is 2.08. The van der Waals surface area contributed by atoms with E-state index in [1.54, 1.807) is 6.26 Å². The lowest BCUT2D eigenvalue weighted by atomic mass is 10.1. The molecule has 21 heavy (non-hydrogen) atoms. The van der Waals surface area contributed by atoms with Gasteiger partial charge < -0.3 is 10.4 Å². The Morgan fingerprint density at radius 3 is 2.10 bits per heavy atom. The maximum absolute atomic E-state index is 11.3. The molecule has 0 amide bonds. The van der Waals surface area contributed by atoms with Crippen molar-refractivity contribution in [3.05, 3.63) is 65.2 Å². The van der Waals surface area contributed by atoms with Crippen molar-refractivity contribution in [2.45, 2.75) is 24.5 Å². The number of aliphatic hydroxyl groups excluding tert-OH is 1. The first-order valence-electron chi connectivity index (χ1n) is 7.01. The Morgan fingerprint density at radius 2 is 1.52 bits per heavy atom. The van der Waals surface area contributed by atoms with Crippen molar-refractivity contribution >= 4 is 10.8 Å². The van der Waals surface area contributed by atoms with Gasteiger partial charge in [-0.15, -0.1) is 0 Å². The largest absolute Gasteiger partial charge is 0.392 e. The van der Waals surface area contributed by atoms with Gasteiger partial charge in [0, 0.05) is 28.5 Å². The van der Waals surface area contributed by atoms with Gasteiger partial charge in [-0.05, 0) is 41.8 Å². The second-order valence-corrected chi connectivity index (χ2v) is 6.38. The second-order valence-electron chi connectivity index (χ2n) is 5.00. The van der Waals surface area contributed by atoms with E-state index >= 15 is 0 Å². The van der Waals surface area contributed by atoms with E-state index in [2.05, 4.69) is 17.4 Å². The topological polar surface area (TPSA) is 49.3 Å². The van der Waals surface area contributed by atoms with Crippen molar-refractivity contribution in [1.82, 2.24) is 5.32 Å². The molecule has 2 N–H and O–H groups in total. The van der Waals surface area contributed by atoms with Gasteiger partial charge in [-0.3, -0.25) is 4.21 Å². The number of nitrogens with one attached hydrogen (secondary N) is 1. The van der Waals surface area contributed by atoms with Crippen molar-refractivity contribution in [3.63, 3.8) is 0 Å². The van der Waals surface area contributed by atoms with Crippen LogP contribution in [0.25, 0.3) is 0 Å². The van der Waals surface area contributed by atoms with Crippen molar-refractivity contribution < 1.29 is 9.32 Å². The Kier molecular flexibility index (Phi) is 6.11. The second kappa shape index (κ2) is 8.08. The van der Waals surface area contributed by atoms with E-state index in [1.165, 1.54) is 11.1 Å². The Balaban J connectivity index is 1.74. The van der Waals surface area contributed by atoms with E-state index in [0.29, 0.717) is 0 Å². The number of aliphatic hydroxyl groups is 1. The van der Waals surface area contributed by atoms with Gasteiger partial charge in [0.05, 0.1) is 6.61 Å². The van der Waals surface area contributed by atoms with Gasteiger partial charge in [-0.1, -0.05) is 36.4 Å². The molecule has 0 aliphatic rings. The Labute approximate surface area is 128 Å². The normalized spacial score (nSPS) is 12.3. The fourth-order valence-electron chi connectivity index (χ4n) is 2.08. The molecule has 112 valence electrons. The maximum Gasteiger partial charge on any atom is 0.0681 e. The zero-order valence-electron chi connectivity index (χ0n) is 12.2. The zero-order valence-corrected chi connectivity index (χ0v) is 13.0. The van der Waals surface area contributed by atoms with Crippen LogP contribution >= 0.6 is 0 Å². The summed E-state index contributed by atoms with van der Waals surface area (Å²) in [6, 6.07) is 15.9. The quantitative estimate of drug-likeness (QED) is 0.771. The van der Waals surface area contributed by atoms with Crippen LogP contribution in [-0.2, 0) is 30.4 Å². The molecule has 2 rings (SSSR count). The molecule has 4 heteroatoms. The maximum atomic E-state index is 11.3. The summed E-state index contributed by atoms with van der Waals surface area (Å²) in [5.74, 6) is 0. The summed E-state index contributed by atoms with van der Waals surface area (Å²) >= 11 is 0. The molecule has 0 spiro atoms. The lowest BCUT2D eigenvalue weighted by Gasteiger charge is -2.06. The Morgan fingerprint density at radius 1 is 0.952 bits per heavy atom. The summed E-state index contributed by atoms with van der Waals surface area (Å²) in [5, 5.41) is 12.4. The minimum Gasteiger partial charge on any atom is -0.392 e. The molecular formula is C17H21NO2S. The SMILES string of the molecule is CS(=O)c1ccc(CNCCc2ccc(CO)cc2)cc1. The van der Waals surface area contributed by atoms with Gasteiger partial charge >= 0.3 is 0 Å². The van der Waals surface area contributed by atoms with Crippen LogP contribution in [0.1, 0.15) is 16.7 Å². The average molecular weight is 303 g/mol. The van der Waals surface area contributed by atoms with E-state index in [4.69, 9.17) is 5.11 Å². The first kappa shape index (κ1) is 15.9. The molecule has 2 aromatic rings. The van der Waals surface area contributed by atoms with E-state index in [0.717, 1.165) is 30.0 Å². The van der Waals surface area contributed by atoms with Crippen molar-refractivity contribution in [1.29, 1.82) is 0 Å². The van der Waals surface area contributed by atoms with Gasteiger partial charge in [0.25, 0.3) is 0 Å². The molecule has 0 heterocycles. The van der Waals surface area contributed by atoms with E-state index in [-0.39, 0.29) is 6.61 Å². The minimum atomic E-state index is -0.911. The van der Waals surface area contributed by atoms with Gasteiger partial charge in [0.15, 0.2) is 0 Å². The predicted octanol–water partition coefficient (Wildman–Crippen LogP) is 2.25. The summed E-state index contributed by atoms with van der Waals surface area (Å²) in [5.41, 5.74) is 3.40. The number of hydrogen-bond donors (Lipinski definition) is 2. The highest BCUT2D eigenvalue weighted by atomic mass is 32.2. The minimum absolute atomic E-state index is 0.0943. The zero-order chi connectivity index (χ0) is 15.1. The Hall–Kier alpha value is -1.49. The summed E-state index contributed by atoms with van der Waals surface area (Å²) < 4.78 is 11.3. The fraction of sp³-hybridized carbons (Fsp3) is 0.294. The molecule has 2 aromatic carbocycles. The molecule has 0 fully saturated rings. The number of hydrogen-bond acceptors (Lipinski definition) is 3. The molecule has 3 nitrogen and oxygen atoms in total. The number of benzene rings is 2. The summed E-state index contributed by atoms with van der Waals surface area (Å²) in [7, 11) is -0.911. The van der Waals surface area contributed by atoms with E-state index in [9.17, 15) is 4.21 Å². The first-order valence-corrected chi connectivity index (χ1v) is 8.56. The van der Waals surface area contributed by atoms with Crippen LogP contribution in [0.15, 0.2) is 53.4 Å². The standard InChI is InChI=1S/C17H21NO2S/c1-21(20)17-8-6-15(7-9-17)12-18-11-10-14-2-4-16(13-19)5-3-14/h2-9,18-19H,10-13H2,1H3. The fourth-order valence-corrected chi connectivity index (χ4v) is 2.60. The average Bonchev–Trinajstić information content (AvgIpc) is 2.52. The molecule has 0 aromatic heterocycles. The summed E-state index contributed by atoms with van der Waals surface area (Å²) in [4.78, 5) is 0.864. The van der Waals surface area contributed by atoms with Gasteiger partial charge in [0.2, 0.25) is 0 Å². The third-order valence-electron chi connectivity index (χ3n) is 3.38. The van der Waals surface area contributed by atoms with Crippen LogP contribution in [0.4, 0.5) is 0 Å². The molecular weight excluding hydrogens is 282 g/mol. The smallest absolute Gasteiger partial charge is 0.0681 e. The molecule has 0 radical (unpaired) electrons. The van der Waals surface area contributed by atoms with Gasteiger partial charge in [-0.2, -0.15) is 0 Å². The first-order chi connectivity index (χ1) is 10.2. The molecule has 0 bridgehead atoms. The predicted molar refractivity (Wildman–Crippen MR) is 86.5 cm³/mol. The number of rotatable bonds is 7. The van der Waals surface area contributed by atoms with Crippen LogP contribution in [-0.4, -0.2) is 22.1 Å². The molecule has 0 aliphatic carbocycles. The molecule has 0 saturated heterocycles. The molecule has 1 atom stereocenters. The van der Waals surface area contributed by atoms with Gasteiger partial charge in [-0.25, -0.2) is 0 Å². The van der Waals surface area contributed by atoms with Crippen molar-refractivity contribution in [2.24, 2.45) is 0 Å². The van der Waals surface area contributed by atoms with E-state index in [1.807, 2.05) is 36.4 Å². The Bertz CT molecular complexity index is 579. The highest BCUT2D eigenvalue weighted by molar-refractivity contribution is 7.84. The van der Waals surface area contributed by atoms with E-state index < -0.39 is 10.8 Å². The van der Waals surface area contributed by atoms with Crippen LogP contribution in [0.3, 0.4) is 0 Å². The summed E-state index contributed by atoms with van der Waals surface area (Å²) in [6.07, 6.45) is 2.65. The molecule has 1 unspecified atom stereocenters. The molecule has 0 saturated carbocycles. The highest BCUT2D eigenvalue weighted by Gasteiger charge is 1.98. The van der Waals surface area contributed by atoms with Crippen LogP contribution in [0.2, 0.25) is 0 Å². The third-order valence-corrected chi connectivity index (χ3v) is 4.32. The van der Waals surface area contributed by atoms with Crippen LogP contribution in [0, 0.1) is 0 Å². The van der Waals surface area contributed by atoms with Crippen LogP contribution in [0.5, 0.6) is 0 Å². The monoisotopic (exact) mass is 303 g/mol.